The number of ether oxygens (including phenoxy) is 1. The maximum atomic E-state index is 11.7. The van der Waals surface area contributed by atoms with Crippen molar-refractivity contribution in [2.24, 2.45) is 0 Å². The summed E-state index contributed by atoms with van der Waals surface area (Å²) in [5, 5.41) is 6.03. The number of rotatable bonds is 4. The fraction of sp³-hybridized carbons (Fsp3) is 0.444. The summed E-state index contributed by atoms with van der Waals surface area (Å²) in [6.45, 7) is -1.30. The smallest absolute Gasteiger partial charge is 0.422 e. The van der Waals surface area contributed by atoms with Crippen LogP contribution in [0.1, 0.15) is 5.56 Å². The Hall–Kier alpha value is -1.24. The van der Waals surface area contributed by atoms with Crippen LogP contribution in [-0.4, -0.2) is 25.4 Å². The van der Waals surface area contributed by atoms with Gasteiger partial charge in [0, 0.05) is 6.54 Å². The predicted octanol–water partition coefficient (Wildman–Crippen LogP) is 2.58. The van der Waals surface area contributed by atoms with E-state index in [1.165, 1.54) is 11.3 Å². The molecule has 0 fully saturated rings. The zero-order valence-corrected chi connectivity index (χ0v) is 9.03. The van der Waals surface area contributed by atoms with Crippen LogP contribution in [0, 0.1) is 0 Å². The molecule has 0 radical (unpaired) electrons. The number of alkyl carbamates (subject to hydrolysis) is 1. The molecule has 90 valence electrons. The van der Waals surface area contributed by atoms with Crippen molar-refractivity contribution in [2.45, 2.75) is 12.6 Å². The van der Waals surface area contributed by atoms with Gasteiger partial charge < -0.3 is 10.1 Å². The number of halogens is 3. The summed E-state index contributed by atoms with van der Waals surface area (Å²) in [6.07, 6.45) is -4.96. The van der Waals surface area contributed by atoms with Crippen molar-refractivity contribution in [2.75, 3.05) is 13.2 Å². The van der Waals surface area contributed by atoms with Crippen molar-refractivity contribution < 1.29 is 22.7 Å². The number of carbonyl (C=O) groups excluding carboxylic acids is 1. The van der Waals surface area contributed by atoms with Gasteiger partial charge in [-0.1, -0.05) is 0 Å². The zero-order chi connectivity index (χ0) is 12.0. The van der Waals surface area contributed by atoms with Gasteiger partial charge in [0.25, 0.3) is 0 Å². The Labute approximate surface area is 94.2 Å². The van der Waals surface area contributed by atoms with Gasteiger partial charge in [0.1, 0.15) is 0 Å². The third-order valence-electron chi connectivity index (χ3n) is 1.63. The van der Waals surface area contributed by atoms with E-state index in [2.05, 4.69) is 10.1 Å². The fourth-order valence-electron chi connectivity index (χ4n) is 0.942. The summed E-state index contributed by atoms with van der Waals surface area (Å²) in [5.74, 6) is 0. The average Bonchev–Trinajstić information content (AvgIpc) is 2.66. The number of thiophene rings is 1. The van der Waals surface area contributed by atoms with E-state index in [9.17, 15) is 18.0 Å². The van der Waals surface area contributed by atoms with Crippen LogP contribution in [0.15, 0.2) is 16.8 Å². The lowest BCUT2D eigenvalue weighted by molar-refractivity contribution is -0.160. The molecule has 0 spiro atoms. The second-order valence-electron chi connectivity index (χ2n) is 3.00. The Morgan fingerprint density at radius 1 is 1.50 bits per heavy atom. The topological polar surface area (TPSA) is 38.3 Å². The number of alkyl halides is 3. The van der Waals surface area contributed by atoms with Gasteiger partial charge in [-0.15, -0.1) is 0 Å². The van der Waals surface area contributed by atoms with Crippen molar-refractivity contribution in [1.29, 1.82) is 0 Å². The van der Waals surface area contributed by atoms with Crippen LogP contribution < -0.4 is 5.32 Å². The largest absolute Gasteiger partial charge is 0.440 e. The highest BCUT2D eigenvalue weighted by Gasteiger charge is 2.29. The van der Waals surface area contributed by atoms with Gasteiger partial charge in [0.05, 0.1) is 0 Å². The molecule has 0 saturated heterocycles. The molecule has 7 heteroatoms. The molecule has 1 aromatic rings. The summed E-state index contributed by atoms with van der Waals surface area (Å²) in [4.78, 5) is 10.8. The molecule has 0 saturated carbocycles. The van der Waals surface area contributed by atoms with Gasteiger partial charge >= 0.3 is 12.3 Å². The standard InChI is InChI=1S/C9H10F3NO2S/c10-9(11,12)6-15-8(14)13-3-1-7-2-4-16-5-7/h2,4-5H,1,3,6H2,(H,13,14). The molecular weight excluding hydrogens is 243 g/mol. The number of hydrogen-bond acceptors (Lipinski definition) is 3. The molecule has 0 bridgehead atoms. The Bertz CT molecular complexity index is 324. The van der Waals surface area contributed by atoms with Gasteiger partial charge in [-0.25, -0.2) is 4.79 Å². The van der Waals surface area contributed by atoms with Crippen LogP contribution in [0.3, 0.4) is 0 Å². The average molecular weight is 253 g/mol. The van der Waals surface area contributed by atoms with Crippen LogP contribution >= 0.6 is 11.3 Å². The fourth-order valence-corrected chi connectivity index (χ4v) is 1.65. The van der Waals surface area contributed by atoms with Gasteiger partial charge in [-0.05, 0) is 28.8 Å². The monoisotopic (exact) mass is 253 g/mol. The van der Waals surface area contributed by atoms with Crippen LogP contribution in [-0.2, 0) is 11.2 Å². The second kappa shape index (κ2) is 5.74. The van der Waals surface area contributed by atoms with Crippen molar-refractivity contribution >= 4 is 17.4 Å². The molecule has 1 heterocycles. The normalized spacial score (nSPS) is 11.2. The Balaban J connectivity index is 2.11. The maximum absolute atomic E-state index is 11.7. The molecule has 1 aromatic heterocycles. The number of amides is 1. The molecule has 0 aliphatic heterocycles. The van der Waals surface area contributed by atoms with E-state index in [0.717, 1.165) is 5.56 Å². The quantitative estimate of drug-likeness (QED) is 0.895. The molecular formula is C9H10F3NO2S. The van der Waals surface area contributed by atoms with Gasteiger partial charge in [-0.3, -0.25) is 0 Å². The third kappa shape index (κ3) is 5.59. The van der Waals surface area contributed by atoms with Crippen molar-refractivity contribution in [1.82, 2.24) is 5.32 Å². The summed E-state index contributed by atoms with van der Waals surface area (Å²) >= 11 is 1.52. The van der Waals surface area contributed by atoms with E-state index >= 15 is 0 Å². The van der Waals surface area contributed by atoms with E-state index in [1.807, 2.05) is 16.8 Å². The Morgan fingerprint density at radius 3 is 2.81 bits per heavy atom. The Morgan fingerprint density at radius 2 is 2.25 bits per heavy atom. The first kappa shape index (κ1) is 12.8. The summed E-state index contributed by atoms with van der Waals surface area (Å²) in [7, 11) is 0. The van der Waals surface area contributed by atoms with Gasteiger partial charge in [0.15, 0.2) is 6.61 Å². The van der Waals surface area contributed by atoms with Crippen LogP contribution in [0.5, 0.6) is 0 Å². The number of carbonyl (C=O) groups is 1. The molecule has 16 heavy (non-hydrogen) atoms. The van der Waals surface area contributed by atoms with E-state index in [-0.39, 0.29) is 6.54 Å². The molecule has 1 N–H and O–H groups in total. The lowest BCUT2D eigenvalue weighted by Crippen LogP contribution is -2.30. The summed E-state index contributed by atoms with van der Waals surface area (Å²) in [5.41, 5.74) is 1.03. The molecule has 0 aliphatic rings. The van der Waals surface area contributed by atoms with Crippen LogP contribution in [0.2, 0.25) is 0 Å². The highest BCUT2D eigenvalue weighted by molar-refractivity contribution is 7.07. The summed E-state index contributed by atoms with van der Waals surface area (Å²) in [6, 6.07) is 1.88. The van der Waals surface area contributed by atoms with Crippen LogP contribution in [0.4, 0.5) is 18.0 Å². The molecule has 0 aliphatic carbocycles. The first-order valence-corrected chi connectivity index (χ1v) is 5.40. The summed E-state index contributed by atoms with van der Waals surface area (Å²) < 4.78 is 38.9. The SMILES string of the molecule is O=C(NCCc1ccsc1)OCC(F)(F)F. The van der Waals surface area contributed by atoms with Gasteiger partial charge in [0.2, 0.25) is 0 Å². The van der Waals surface area contributed by atoms with Gasteiger partial charge in [-0.2, -0.15) is 24.5 Å². The third-order valence-corrected chi connectivity index (χ3v) is 2.36. The van der Waals surface area contributed by atoms with E-state index in [4.69, 9.17) is 0 Å². The molecule has 1 amide bonds. The zero-order valence-electron chi connectivity index (χ0n) is 8.21. The molecule has 3 nitrogen and oxygen atoms in total. The minimum atomic E-state index is -4.48. The first-order valence-electron chi connectivity index (χ1n) is 4.46. The molecule has 0 atom stereocenters. The van der Waals surface area contributed by atoms with Crippen LogP contribution in [0.25, 0.3) is 0 Å². The number of nitrogens with one attached hydrogen (secondary N) is 1. The second-order valence-corrected chi connectivity index (χ2v) is 3.78. The number of hydrogen-bond donors (Lipinski definition) is 1. The minimum absolute atomic E-state index is 0.257. The minimum Gasteiger partial charge on any atom is -0.440 e. The van der Waals surface area contributed by atoms with Crippen molar-refractivity contribution in [3.8, 4) is 0 Å². The first-order chi connectivity index (χ1) is 7.47. The molecule has 0 unspecified atom stereocenters. The maximum Gasteiger partial charge on any atom is 0.422 e. The van der Waals surface area contributed by atoms with E-state index in [1.54, 1.807) is 0 Å². The lowest BCUT2D eigenvalue weighted by Gasteiger charge is -2.08. The van der Waals surface area contributed by atoms with Crippen molar-refractivity contribution in [3.63, 3.8) is 0 Å². The van der Waals surface area contributed by atoms with Crippen molar-refractivity contribution in [3.05, 3.63) is 22.4 Å². The highest BCUT2D eigenvalue weighted by Crippen LogP contribution is 2.14. The highest BCUT2D eigenvalue weighted by atomic mass is 32.1. The van der Waals surface area contributed by atoms with E-state index < -0.39 is 18.9 Å². The molecule has 1 rings (SSSR count). The predicted molar refractivity (Wildman–Crippen MR) is 53.4 cm³/mol. The lowest BCUT2D eigenvalue weighted by atomic mass is 10.2. The molecule has 0 aromatic carbocycles. The van der Waals surface area contributed by atoms with E-state index in [0.29, 0.717) is 6.42 Å². The Kier molecular flexibility index (Phi) is 4.60.